The van der Waals surface area contributed by atoms with E-state index in [1.807, 2.05) is 0 Å². The molecule has 0 unspecified atom stereocenters. The van der Waals surface area contributed by atoms with Gasteiger partial charge in [0.1, 0.15) is 6.04 Å². The van der Waals surface area contributed by atoms with Crippen LogP contribution in [-0.2, 0) is 14.8 Å². The molecule has 1 saturated heterocycles. The Bertz CT molecular complexity index is 705. The third-order valence-corrected chi connectivity index (χ3v) is 5.15. The molecule has 114 valence electrons. The van der Waals surface area contributed by atoms with Gasteiger partial charge >= 0.3 is 11.7 Å². The zero-order valence-corrected chi connectivity index (χ0v) is 11.4. The minimum atomic E-state index is -4.46. The van der Waals surface area contributed by atoms with Crippen molar-refractivity contribution in [1.29, 1.82) is 0 Å². The predicted molar refractivity (Wildman–Crippen MR) is 67.6 cm³/mol. The molecule has 0 aliphatic carbocycles. The lowest BCUT2D eigenvalue weighted by Gasteiger charge is -2.20. The molecule has 21 heavy (non-hydrogen) atoms. The molecule has 1 N–H and O–H groups in total. The fourth-order valence-corrected chi connectivity index (χ4v) is 4.10. The summed E-state index contributed by atoms with van der Waals surface area (Å²) >= 11 is 0. The van der Waals surface area contributed by atoms with Crippen molar-refractivity contribution < 1.29 is 27.6 Å². The number of hydrogen-bond acceptors (Lipinski definition) is 5. The second-order valence-corrected chi connectivity index (χ2v) is 6.31. The summed E-state index contributed by atoms with van der Waals surface area (Å²) in [6, 6.07) is 1.41. The summed E-state index contributed by atoms with van der Waals surface area (Å²) in [5.41, 5.74) is -1.17. The highest BCUT2D eigenvalue weighted by Crippen LogP contribution is 2.32. The van der Waals surface area contributed by atoms with E-state index in [-0.39, 0.29) is 13.0 Å². The molecular formula is C11H11FN2O6S. The van der Waals surface area contributed by atoms with Crippen LogP contribution < -0.4 is 0 Å². The van der Waals surface area contributed by atoms with Crippen LogP contribution in [0.4, 0.5) is 10.1 Å². The SMILES string of the molecule is O=C(O)[C@H]1CCCN1S(=O)(=O)c1cccc(F)c1[N+](=O)[O-]. The molecule has 1 aromatic rings. The van der Waals surface area contributed by atoms with Crippen molar-refractivity contribution in [3.63, 3.8) is 0 Å². The molecule has 0 aromatic heterocycles. The molecule has 0 saturated carbocycles. The maximum atomic E-state index is 13.5. The van der Waals surface area contributed by atoms with Crippen molar-refractivity contribution in [3.8, 4) is 0 Å². The second-order valence-electron chi connectivity index (χ2n) is 4.46. The van der Waals surface area contributed by atoms with E-state index in [1.54, 1.807) is 0 Å². The molecule has 1 aromatic carbocycles. The van der Waals surface area contributed by atoms with E-state index < -0.39 is 43.4 Å². The first kappa shape index (κ1) is 15.3. The summed E-state index contributed by atoms with van der Waals surface area (Å²) < 4.78 is 39.0. The van der Waals surface area contributed by atoms with Crippen molar-refractivity contribution >= 4 is 21.7 Å². The number of nitrogens with zero attached hydrogens (tertiary/aromatic N) is 2. The summed E-state index contributed by atoms with van der Waals surface area (Å²) in [5.74, 6) is -2.62. The molecule has 1 atom stereocenters. The number of nitro groups is 1. The van der Waals surface area contributed by atoms with Crippen molar-refractivity contribution in [1.82, 2.24) is 4.31 Å². The maximum Gasteiger partial charge on any atom is 0.324 e. The van der Waals surface area contributed by atoms with Crippen LogP contribution in [0.1, 0.15) is 12.8 Å². The number of rotatable bonds is 4. The van der Waals surface area contributed by atoms with Crippen molar-refractivity contribution in [2.75, 3.05) is 6.54 Å². The highest BCUT2D eigenvalue weighted by molar-refractivity contribution is 7.89. The number of carboxylic acid groups (broad SMARTS) is 1. The lowest BCUT2D eigenvalue weighted by atomic mass is 10.2. The zero-order chi connectivity index (χ0) is 15.8. The van der Waals surface area contributed by atoms with Gasteiger partial charge in [-0.3, -0.25) is 14.9 Å². The lowest BCUT2D eigenvalue weighted by molar-refractivity contribution is -0.390. The fourth-order valence-electron chi connectivity index (χ4n) is 2.28. The summed E-state index contributed by atoms with van der Waals surface area (Å²) in [7, 11) is -4.46. The van der Waals surface area contributed by atoms with Crippen LogP contribution in [0.3, 0.4) is 0 Å². The van der Waals surface area contributed by atoms with E-state index in [0.29, 0.717) is 10.7 Å². The summed E-state index contributed by atoms with van der Waals surface area (Å²) in [6.45, 7) is -0.0764. The van der Waals surface area contributed by atoms with E-state index in [2.05, 4.69) is 0 Å². The topological polar surface area (TPSA) is 118 Å². The Balaban J connectivity index is 2.58. The molecule has 0 radical (unpaired) electrons. The van der Waals surface area contributed by atoms with Crippen molar-refractivity contribution in [2.24, 2.45) is 0 Å². The quantitative estimate of drug-likeness (QED) is 0.653. The smallest absolute Gasteiger partial charge is 0.324 e. The third-order valence-electron chi connectivity index (χ3n) is 3.21. The van der Waals surface area contributed by atoms with Gasteiger partial charge < -0.3 is 5.11 Å². The van der Waals surface area contributed by atoms with Gasteiger partial charge in [-0.15, -0.1) is 0 Å². The zero-order valence-electron chi connectivity index (χ0n) is 10.6. The molecule has 0 spiro atoms. The number of halogens is 1. The molecular weight excluding hydrogens is 307 g/mol. The standard InChI is InChI=1S/C11H11FN2O6S/c12-7-3-1-5-9(10(7)14(17)18)21(19,20)13-6-2-4-8(13)11(15)16/h1,3,5,8H,2,4,6H2,(H,15,16)/t8-/m1/s1. The van der Waals surface area contributed by atoms with E-state index in [0.717, 1.165) is 18.2 Å². The highest BCUT2D eigenvalue weighted by Gasteiger charge is 2.42. The molecule has 10 heteroatoms. The van der Waals surface area contributed by atoms with Crippen LogP contribution in [0.25, 0.3) is 0 Å². The first-order valence-corrected chi connectivity index (χ1v) is 7.38. The van der Waals surface area contributed by atoms with Crippen LogP contribution in [0, 0.1) is 15.9 Å². The minimum Gasteiger partial charge on any atom is -0.480 e. The largest absolute Gasteiger partial charge is 0.480 e. The van der Waals surface area contributed by atoms with Crippen LogP contribution in [0.5, 0.6) is 0 Å². The molecule has 2 rings (SSSR count). The fraction of sp³-hybridized carbons (Fsp3) is 0.364. The minimum absolute atomic E-state index is 0.0764. The Morgan fingerprint density at radius 3 is 2.71 bits per heavy atom. The number of hydrogen-bond donors (Lipinski definition) is 1. The second kappa shape index (κ2) is 5.37. The molecule has 8 nitrogen and oxygen atoms in total. The number of aliphatic carboxylic acids is 1. The number of benzene rings is 1. The molecule has 1 aliphatic heterocycles. The van der Waals surface area contributed by atoms with Gasteiger partial charge in [0.25, 0.3) is 10.0 Å². The van der Waals surface area contributed by atoms with E-state index in [1.165, 1.54) is 0 Å². The Morgan fingerprint density at radius 1 is 1.48 bits per heavy atom. The Labute approximate surface area is 119 Å². The van der Waals surface area contributed by atoms with Gasteiger partial charge in [-0.1, -0.05) is 6.07 Å². The summed E-state index contributed by atoms with van der Waals surface area (Å²) in [5, 5.41) is 19.9. The van der Waals surface area contributed by atoms with E-state index in [4.69, 9.17) is 5.11 Å². The van der Waals surface area contributed by atoms with Crippen LogP contribution in [0.15, 0.2) is 23.1 Å². The van der Waals surface area contributed by atoms with Gasteiger partial charge in [-0.2, -0.15) is 8.70 Å². The lowest BCUT2D eigenvalue weighted by Crippen LogP contribution is -2.40. The number of carboxylic acids is 1. The number of carbonyl (C=O) groups is 1. The van der Waals surface area contributed by atoms with Crippen LogP contribution >= 0.6 is 0 Å². The Morgan fingerprint density at radius 2 is 2.14 bits per heavy atom. The molecule has 1 heterocycles. The normalized spacial score (nSPS) is 19.6. The maximum absolute atomic E-state index is 13.5. The van der Waals surface area contributed by atoms with Crippen LogP contribution in [-0.4, -0.2) is 41.3 Å². The van der Waals surface area contributed by atoms with Crippen molar-refractivity contribution in [3.05, 3.63) is 34.1 Å². The van der Waals surface area contributed by atoms with Gasteiger partial charge in [-0.25, -0.2) is 8.42 Å². The number of sulfonamides is 1. The Hall–Kier alpha value is -2.07. The Kier molecular flexibility index (Phi) is 3.92. The molecule has 0 bridgehead atoms. The monoisotopic (exact) mass is 318 g/mol. The number of para-hydroxylation sites is 1. The van der Waals surface area contributed by atoms with Gasteiger partial charge in [0.2, 0.25) is 5.82 Å². The van der Waals surface area contributed by atoms with Gasteiger partial charge in [0.05, 0.1) is 4.92 Å². The van der Waals surface area contributed by atoms with Crippen molar-refractivity contribution in [2.45, 2.75) is 23.8 Å². The average molecular weight is 318 g/mol. The first-order valence-electron chi connectivity index (χ1n) is 5.94. The summed E-state index contributed by atoms with van der Waals surface area (Å²) in [6.07, 6.45) is 0.428. The molecule has 0 amide bonds. The third kappa shape index (κ3) is 2.59. The first-order chi connectivity index (χ1) is 9.76. The van der Waals surface area contributed by atoms with E-state index in [9.17, 15) is 27.7 Å². The van der Waals surface area contributed by atoms with Gasteiger partial charge in [-0.05, 0) is 25.0 Å². The summed E-state index contributed by atoms with van der Waals surface area (Å²) in [4.78, 5) is 20.0. The molecule has 1 aliphatic rings. The highest BCUT2D eigenvalue weighted by atomic mass is 32.2. The van der Waals surface area contributed by atoms with Gasteiger partial charge in [0, 0.05) is 6.54 Å². The van der Waals surface area contributed by atoms with E-state index >= 15 is 0 Å². The van der Waals surface area contributed by atoms with Crippen LogP contribution in [0.2, 0.25) is 0 Å². The van der Waals surface area contributed by atoms with Gasteiger partial charge in [0.15, 0.2) is 4.90 Å². The molecule has 1 fully saturated rings. The predicted octanol–water partition coefficient (Wildman–Crippen LogP) is 0.972. The average Bonchev–Trinajstić information content (AvgIpc) is 2.87. The number of nitro benzene ring substituents is 1.